The molecular weight excluding hydrogens is 286 g/mol. The van der Waals surface area contributed by atoms with Crippen molar-refractivity contribution >= 4 is 34.9 Å². The first-order valence-electron chi connectivity index (χ1n) is 6.19. The van der Waals surface area contributed by atoms with Crippen LogP contribution < -0.4 is 5.32 Å². The molecule has 104 valence electrons. The van der Waals surface area contributed by atoms with Gasteiger partial charge < -0.3 is 5.32 Å². The van der Waals surface area contributed by atoms with Gasteiger partial charge >= 0.3 is 0 Å². The molecule has 0 bridgehead atoms. The average Bonchev–Trinajstić information content (AvgIpc) is 2.41. The molecule has 0 unspecified atom stereocenters. The van der Waals surface area contributed by atoms with Gasteiger partial charge in [0.15, 0.2) is 0 Å². The number of hydrogen-bond donors (Lipinski definition) is 1. The predicted octanol–water partition coefficient (Wildman–Crippen LogP) is 3.73. The highest BCUT2D eigenvalue weighted by Gasteiger charge is 2.21. The molecule has 0 saturated heterocycles. The summed E-state index contributed by atoms with van der Waals surface area (Å²) in [6.45, 7) is 0. The lowest BCUT2D eigenvalue weighted by atomic mass is 9.95. The molecule has 1 N–H and O–H groups in total. The molecule has 7 heteroatoms. The normalized spacial score (nSPS) is 23.1. The zero-order chi connectivity index (χ0) is 13.8. The highest BCUT2D eigenvalue weighted by molar-refractivity contribution is 7.99. The maximum absolute atomic E-state index is 10.6. The molecule has 1 aliphatic carbocycles. The topological polar surface area (TPSA) is 68.1 Å². The second-order valence-electron chi connectivity index (χ2n) is 4.63. The lowest BCUT2D eigenvalue weighted by Gasteiger charge is -2.28. The minimum Gasteiger partial charge on any atom is -0.366 e. The van der Waals surface area contributed by atoms with Crippen LogP contribution in [0.4, 0.5) is 11.5 Å². The monoisotopic (exact) mass is 301 g/mol. The fourth-order valence-corrected chi connectivity index (χ4v) is 3.23. The molecule has 1 aromatic heterocycles. The Balaban J connectivity index is 1.98. The standard InChI is InChI=1S/C12H16ClN3O2S/c1-19-10-4-2-8(3-5-10)15-12-11(13)6-9(7-14-12)16(17)18/h6-8,10H,2-5H2,1H3,(H,14,15). The van der Waals surface area contributed by atoms with Gasteiger partial charge in [-0.1, -0.05) is 11.6 Å². The summed E-state index contributed by atoms with van der Waals surface area (Å²) in [6, 6.07) is 1.69. The van der Waals surface area contributed by atoms with Gasteiger partial charge in [0.25, 0.3) is 5.69 Å². The van der Waals surface area contributed by atoms with Crippen molar-refractivity contribution in [3.05, 3.63) is 27.4 Å². The van der Waals surface area contributed by atoms with Gasteiger partial charge in [-0.05, 0) is 31.9 Å². The molecule has 0 radical (unpaired) electrons. The number of nitro groups is 1. The van der Waals surface area contributed by atoms with E-state index in [0.717, 1.165) is 18.1 Å². The summed E-state index contributed by atoms with van der Waals surface area (Å²) < 4.78 is 0. The van der Waals surface area contributed by atoms with Gasteiger partial charge in [0.2, 0.25) is 0 Å². The predicted molar refractivity (Wildman–Crippen MR) is 79.1 cm³/mol. The second-order valence-corrected chi connectivity index (χ2v) is 6.18. The third-order valence-electron chi connectivity index (χ3n) is 3.39. The van der Waals surface area contributed by atoms with Crippen molar-refractivity contribution in [1.29, 1.82) is 0 Å². The molecule has 1 aromatic rings. The van der Waals surface area contributed by atoms with E-state index in [9.17, 15) is 10.1 Å². The van der Waals surface area contributed by atoms with Crippen molar-refractivity contribution in [2.75, 3.05) is 11.6 Å². The lowest BCUT2D eigenvalue weighted by Crippen LogP contribution is -2.27. The van der Waals surface area contributed by atoms with Crippen LogP contribution in [0.15, 0.2) is 12.3 Å². The molecule has 0 atom stereocenters. The minimum absolute atomic E-state index is 0.0818. The third kappa shape index (κ3) is 3.73. The molecule has 1 aliphatic rings. The third-order valence-corrected chi connectivity index (χ3v) is 4.81. The highest BCUT2D eigenvalue weighted by Crippen LogP contribution is 2.30. The maximum atomic E-state index is 10.6. The SMILES string of the molecule is CSC1CCC(Nc2ncc([N+](=O)[O-])cc2Cl)CC1. The number of nitrogens with zero attached hydrogens (tertiary/aromatic N) is 2. The number of rotatable bonds is 4. The largest absolute Gasteiger partial charge is 0.366 e. The van der Waals surface area contributed by atoms with Crippen LogP contribution in [-0.2, 0) is 0 Å². The van der Waals surface area contributed by atoms with E-state index in [4.69, 9.17) is 11.6 Å². The Kier molecular flexibility index (Phi) is 4.87. The van der Waals surface area contributed by atoms with Crippen molar-refractivity contribution in [1.82, 2.24) is 4.98 Å². The van der Waals surface area contributed by atoms with Crippen LogP contribution >= 0.6 is 23.4 Å². The van der Waals surface area contributed by atoms with Gasteiger partial charge in [0.1, 0.15) is 12.0 Å². The van der Waals surface area contributed by atoms with Crippen LogP contribution in [0.3, 0.4) is 0 Å². The van der Waals surface area contributed by atoms with Crippen LogP contribution in [-0.4, -0.2) is 27.5 Å². The number of hydrogen-bond acceptors (Lipinski definition) is 5. The van der Waals surface area contributed by atoms with Gasteiger partial charge in [-0.2, -0.15) is 11.8 Å². The fourth-order valence-electron chi connectivity index (χ4n) is 2.27. The highest BCUT2D eigenvalue weighted by atomic mass is 35.5. The zero-order valence-corrected chi connectivity index (χ0v) is 12.2. The van der Waals surface area contributed by atoms with E-state index in [1.54, 1.807) is 0 Å². The Morgan fingerprint density at radius 1 is 1.47 bits per heavy atom. The summed E-state index contributed by atoms with van der Waals surface area (Å²) in [7, 11) is 0. The van der Waals surface area contributed by atoms with Crippen LogP contribution in [0.5, 0.6) is 0 Å². The molecule has 2 rings (SSSR count). The van der Waals surface area contributed by atoms with Gasteiger partial charge in [-0.15, -0.1) is 0 Å². The number of pyridine rings is 1. The van der Waals surface area contributed by atoms with E-state index in [1.807, 2.05) is 11.8 Å². The maximum Gasteiger partial charge on any atom is 0.289 e. The second kappa shape index (κ2) is 6.43. The Hall–Kier alpha value is -1.01. The smallest absolute Gasteiger partial charge is 0.289 e. The first kappa shape index (κ1) is 14.4. The summed E-state index contributed by atoms with van der Waals surface area (Å²) in [5, 5.41) is 14.9. The Morgan fingerprint density at radius 3 is 2.68 bits per heavy atom. The van der Waals surface area contributed by atoms with E-state index >= 15 is 0 Å². The van der Waals surface area contributed by atoms with Crippen molar-refractivity contribution in [3.63, 3.8) is 0 Å². The van der Waals surface area contributed by atoms with Gasteiger partial charge in [0, 0.05) is 17.4 Å². The Morgan fingerprint density at radius 2 is 2.16 bits per heavy atom. The van der Waals surface area contributed by atoms with Crippen LogP contribution in [0, 0.1) is 10.1 Å². The molecule has 0 amide bonds. The number of halogens is 1. The van der Waals surface area contributed by atoms with Crippen molar-refractivity contribution < 1.29 is 4.92 Å². The van der Waals surface area contributed by atoms with Crippen LogP contribution in [0.2, 0.25) is 5.02 Å². The molecule has 5 nitrogen and oxygen atoms in total. The van der Waals surface area contributed by atoms with E-state index in [1.165, 1.54) is 25.1 Å². The fraction of sp³-hybridized carbons (Fsp3) is 0.583. The van der Waals surface area contributed by atoms with Gasteiger partial charge in [-0.25, -0.2) is 4.98 Å². The first-order valence-corrected chi connectivity index (χ1v) is 7.86. The van der Waals surface area contributed by atoms with Crippen molar-refractivity contribution in [2.45, 2.75) is 37.0 Å². The first-order chi connectivity index (χ1) is 9.10. The molecule has 1 saturated carbocycles. The number of anilines is 1. The Labute approximate surface area is 121 Å². The summed E-state index contributed by atoms with van der Waals surface area (Å²) in [4.78, 5) is 14.2. The molecule has 1 fully saturated rings. The quantitative estimate of drug-likeness (QED) is 0.678. The summed E-state index contributed by atoms with van der Waals surface area (Å²) in [6.07, 6.45) is 7.92. The molecule has 19 heavy (non-hydrogen) atoms. The summed E-state index contributed by atoms with van der Waals surface area (Å²) >= 11 is 7.93. The van der Waals surface area contributed by atoms with Crippen LogP contribution in [0.25, 0.3) is 0 Å². The number of nitrogens with one attached hydrogen (secondary N) is 1. The molecule has 1 heterocycles. The zero-order valence-electron chi connectivity index (χ0n) is 10.6. The average molecular weight is 302 g/mol. The van der Waals surface area contributed by atoms with E-state index in [2.05, 4.69) is 16.6 Å². The minimum atomic E-state index is -0.494. The molecule has 0 spiro atoms. The van der Waals surface area contributed by atoms with Gasteiger partial charge in [0.05, 0.1) is 9.95 Å². The van der Waals surface area contributed by atoms with E-state index < -0.39 is 4.92 Å². The number of thioether (sulfide) groups is 1. The molecule has 0 aliphatic heterocycles. The van der Waals surface area contributed by atoms with E-state index in [-0.39, 0.29) is 5.69 Å². The Bertz CT molecular complexity index is 464. The molecular formula is C12H16ClN3O2S. The number of aromatic nitrogens is 1. The lowest BCUT2D eigenvalue weighted by molar-refractivity contribution is -0.385. The molecule has 0 aromatic carbocycles. The van der Waals surface area contributed by atoms with E-state index in [0.29, 0.717) is 16.9 Å². The summed E-state index contributed by atoms with van der Waals surface area (Å²) in [5.41, 5.74) is -0.0818. The van der Waals surface area contributed by atoms with Gasteiger partial charge in [-0.3, -0.25) is 10.1 Å². The van der Waals surface area contributed by atoms with Crippen molar-refractivity contribution in [2.24, 2.45) is 0 Å². The van der Waals surface area contributed by atoms with Crippen molar-refractivity contribution in [3.8, 4) is 0 Å². The van der Waals surface area contributed by atoms with Crippen LogP contribution in [0.1, 0.15) is 25.7 Å². The summed E-state index contributed by atoms with van der Waals surface area (Å²) in [5.74, 6) is 0.542.